The molecule has 2 nitrogen and oxygen atoms in total. The fraction of sp³-hybridized carbons (Fsp3) is 0.667. The third-order valence-electron chi connectivity index (χ3n) is 4.20. The molecular formula is C18H30O2Si. The molecule has 0 N–H and O–H groups in total. The molecule has 1 unspecified atom stereocenters. The summed E-state index contributed by atoms with van der Waals surface area (Å²) in [5, 5.41) is 0. The van der Waals surface area contributed by atoms with Crippen LogP contribution in [0.25, 0.3) is 0 Å². The first-order valence-electron chi connectivity index (χ1n) is 8.16. The maximum absolute atomic E-state index is 6.31. The first-order chi connectivity index (χ1) is 9.85. The smallest absolute Gasteiger partial charge is 0.0864 e. The number of benzene rings is 1. The summed E-state index contributed by atoms with van der Waals surface area (Å²) in [6, 6.07) is 11.6. The van der Waals surface area contributed by atoms with Crippen molar-refractivity contribution in [1.82, 2.24) is 0 Å². The van der Waals surface area contributed by atoms with E-state index in [-0.39, 0.29) is 12.2 Å². The van der Waals surface area contributed by atoms with Crippen LogP contribution in [0.4, 0.5) is 0 Å². The Balaban J connectivity index is 1.83. The molecule has 0 saturated carbocycles. The van der Waals surface area contributed by atoms with Gasteiger partial charge in [-0.3, -0.25) is 0 Å². The molecule has 1 aliphatic heterocycles. The fourth-order valence-electron chi connectivity index (χ4n) is 3.25. The van der Waals surface area contributed by atoms with E-state index in [0.717, 1.165) is 0 Å². The molecule has 3 heteroatoms. The molecule has 1 aromatic rings. The van der Waals surface area contributed by atoms with Gasteiger partial charge >= 0.3 is 0 Å². The zero-order valence-corrected chi connectivity index (χ0v) is 15.1. The third-order valence-corrected chi connectivity index (χ3v) is 5.88. The number of hydrogen-bond acceptors (Lipinski definition) is 2. The van der Waals surface area contributed by atoms with Crippen molar-refractivity contribution in [2.45, 2.75) is 70.9 Å². The van der Waals surface area contributed by atoms with Gasteiger partial charge in [0.05, 0.1) is 24.9 Å². The molecule has 0 amide bonds. The first-order valence-corrected chi connectivity index (χ1v) is 11.9. The van der Waals surface area contributed by atoms with Crippen LogP contribution in [0.1, 0.15) is 25.8 Å². The second-order valence-corrected chi connectivity index (χ2v) is 13.2. The van der Waals surface area contributed by atoms with Crippen molar-refractivity contribution in [2.24, 2.45) is 5.92 Å². The van der Waals surface area contributed by atoms with E-state index in [2.05, 4.69) is 57.8 Å². The van der Waals surface area contributed by atoms with Gasteiger partial charge in [-0.2, -0.15) is 0 Å². The summed E-state index contributed by atoms with van der Waals surface area (Å²) in [6.07, 6.45) is 2.04. The summed E-state index contributed by atoms with van der Waals surface area (Å²) >= 11 is 0. The largest absolute Gasteiger partial charge is 0.372 e. The maximum atomic E-state index is 6.31. The highest BCUT2D eigenvalue weighted by atomic mass is 28.3. The summed E-state index contributed by atoms with van der Waals surface area (Å²) in [4.78, 5) is 0. The summed E-state index contributed by atoms with van der Waals surface area (Å²) in [7, 11) is -1.05. The predicted octanol–water partition coefficient (Wildman–Crippen LogP) is 4.72. The quantitative estimate of drug-likeness (QED) is 0.708. The van der Waals surface area contributed by atoms with Gasteiger partial charge < -0.3 is 9.47 Å². The lowest BCUT2D eigenvalue weighted by molar-refractivity contribution is -0.0729. The summed E-state index contributed by atoms with van der Waals surface area (Å²) in [6.45, 7) is 12.4. The second-order valence-electron chi connectivity index (χ2n) is 7.70. The van der Waals surface area contributed by atoms with Gasteiger partial charge in [-0.15, -0.1) is 0 Å². The number of hydrogen-bond donors (Lipinski definition) is 0. The molecule has 0 aromatic heterocycles. The molecule has 1 fully saturated rings. The minimum absolute atomic E-state index is 0.159. The molecule has 4 atom stereocenters. The monoisotopic (exact) mass is 306 g/mol. The normalized spacial score (nSPS) is 27.8. The van der Waals surface area contributed by atoms with Crippen molar-refractivity contribution in [3.8, 4) is 0 Å². The van der Waals surface area contributed by atoms with E-state index in [1.54, 1.807) is 0 Å². The van der Waals surface area contributed by atoms with Crippen LogP contribution >= 0.6 is 0 Å². The lowest BCUT2D eigenvalue weighted by atomic mass is 9.99. The maximum Gasteiger partial charge on any atom is 0.0864 e. The lowest BCUT2D eigenvalue weighted by Crippen LogP contribution is -2.32. The van der Waals surface area contributed by atoms with Crippen molar-refractivity contribution in [3.63, 3.8) is 0 Å². The molecule has 1 heterocycles. The molecule has 0 radical (unpaired) electrons. The van der Waals surface area contributed by atoms with Crippen LogP contribution in [0, 0.1) is 5.92 Å². The SMILES string of the molecule is CC(OCc1ccccc1)[C@@H]1O[C@H](C[Si](C)(C)C)C[C@H]1C. The summed E-state index contributed by atoms with van der Waals surface area (Å²) in [5.41, 5.74) is 1.23. The standard InChI is InChI=1S/C18H30O2Si/c1-14-11-17(13-21(3,4)5)20-18(14)15(2)19-12-16-9-7-6-8-10-16/h6-10,14-15,17-18H,11-13H2,1-5H3/t14-,15?,17+,18-/m1/s1. The van der Waals surface area contributed by atoms with Gasteiger partial charge in [-0.1, -0.05) is 56.9 Å². The highest BCUT2D eigenvalue weighted by molar-refractivity contribution is 6.76. The highest BCUT2D eigenvalue weighted by Gasteiger charge is 2.37. The van der Waals surface area contributed by atoms with E-state index < -0.39 is 8.07 Å². The van der Waals surface area contributed by atoms with E-state index in [1.807, 2.05) is 6.07 Å². The first kappa shape index (κ1) is 16.7. The number of rotatable bonds is 6. The Bertz CT molecular complexity index is 427. The predicted molar refractivity (Wildman–Crippen MR) is 91.3 cm³/mol. The van der Waals surface area contributed by atoms with Crippen LogP contribution in [-0.2, 0) is 16.1 Å². The van der Waals surface area contributed by atoms with Crippen LogP contribution in [0.2, 0.25) is 25.7 Å². The van der Waals surface area contributed by atoms with Gasteiger partial charge in [-0.05, 0) is 30.9 Å². The van der Waals surface area contributed by atoms with Crippen LogP contribution in [0.15, 0.2) is 30.3 Å². The lowest BCUT2D eigenvalue weighted by Gasteiger charge is -2.25. The van der Waals surface area contributed by atoms with Gasteiger partial charge in [0.2, 0.25) is 0 Å². The van der Waals surface area contributed by atoms with Crippen molar-refractivity contribution in [1.29, 1.82) is 0 Å². The van der Waals surface area contributed by atoms with Gasteiger partial charge in [0, 0.05) is 8.07 Å². The van der Waals surface area contributed by atoms with Crippen LogP contribution in [-0.4, -0.2) is 26.4 Å². The third kappa shape index (κ3) is 5.24. The topological polar surface area (TPSA) is 18.5 Å². The Kier molecular flexibility index (Phi) is 5.64. The molecule has 0 bridgehead atoms. The Morgan fingerprint density at radius 2 is 1.90 bits per heavy atom. The molecule has 0 aliphatic carbocycles. The van der Waals surface area contributed by atoms with Crippen molar-refractivity contribution >= 4 is 8.07 Å². The second kappa shape index (κ2) is 7.08. The van der Waals surface area contributed by atoms with E-state index in [0.29, 0.717) is 18.6 Å². The minimum atomic E-state index is -1.05. The van der Waals surface area contributed by atoms with Crippen molar-refractivity contribution in [3.05, 3.63) is 35.9 Å². The van der Waals surface area contributed by atoms with Crippen LogP contribution in [0.3, 0.4) is 0 Å². The van der Waals surface area contributed by atoms with E-state index in [1.165, 1.54) is 18.0 Å². The Labute approximate surface area is 130 Å². The molecular weight excluding hydrogens is 276 g/mol. The molecule has 0 spiro atoms. The average Bonchev–Trinajstić information content (AvgIpc) is 2.76. The summed E-state index contributed by atoms with van der Waals surface area (Å²) in [5.74, 6) is 0.595. The average molecular weight is 307 g/mol. The zero-order chi connectivity index (χ0) is 15.5. The Hall–Kier alpha value is -0.643. The minimum Gasteiger partial charge on any atom is -0.372 e. The molecule has 21 heavy (non-hydrogen) atoms. The molecule has 1 aromatic carbocycles. The Morgan fingerprint density at radius 3 is 2.52 bits per heavy atom. The summed E-state index contributed by atoms with van der Waals surface area (Å²) < 4.78 is 12.4. The van der Waals surface area contributed by atoms with Crippen molar-refractivity contribution in [2.75, 3.05) is 0 Å². The van der Waals surface area contributed by atoms with Crippen molar-refractivity contribution < 1.29 is 9.47 Å². The molecule has 1 saturated heterocycles. The van der Waals surface area contributed by atoms with Crippen LogP contribution < -0.4 is 0 Å². The Morgan fingerprint density at radius 1 is 1.24 bits per heavy atom. The van der Waals surface area contributed by atoms with E-state index in [4.69, 9.17) is 9.47 Å². The molecule has 1 aliphatic rings. The van der Waals surface area contributed by atoms with Gasteiger partial charge in [0.15, 0.2) is 0 Å². The number of ether oxygens (including phenoxy) is 2. The highest BCUT2D eigenvalue weighted by Crippen LogP contribution is 2.33. The van der Waals surface area contributed by atoms with Gasteiger partial charge in [0.25, 0.3) is 0 Å². The van der Waals surface area contributed by atoms with E-state index in [9.17, 15) is 0 Å². The fourth-order valence-corrected chi connectivity index (χ4v) is 4.87. The molecule has 118 valence electrons. The van der Waals surface area contributed by atoms with Gasteiger partial charge in [0.1, 0.15) is 0 Å². The van der Waals surface area contributed by atoms with E-state index >= 15 is 0 Å². The van der Waals surface area contributed by atoms with Gasteiger partial charge in [-0.25, -0.2) is 0 Å². The van der Waals surface area contributed by atoms with Crippen LogP contribution in [0.5, 0.6) is 0 Å². The zero-order valence-electron chi connectivity index (χ0n) is 14.1. The molecule has 2 rings (SSSR count).